The molecule has 0 bridgehead atoms. The normalized spacial score (nSPS) is 15.5. The molecule has 3 rings (SSSR count). The first kappa shape index (κ1) is 14.5. The fourth-order valence-electron chi connectivity index (χ4n) is 2.62. The van der Waals surface area contributed by atoms with Crippen LogP contribution in [-0.4, -0.2) is 40.0 Å². The summed E-state index contributed by atoms with van der Waals surface area (Å²) < 4.78 is 5.91. The standard InChI is InChI=1S/C17H19N3O2/c21-17(12-14-2-1-7-19-13-14)20-10-5-16(6-11-20)22-15-3-8-18-9-4-15/h1-4,7-9,13,16H,5-6,10-12H2. The fourth-order valence-corrected chi connectivity index (χ4v) is 2.62. The van der Waals surface area contributed by atoms with Gasteiger partial charge in [-0.1, -0.05) is 6.07 Å². The molecule has 3 heterocycles. The van der Waals surface area contributed by atoms with E-state index in [1.54, 1.807) is 24.8 Å². The summed E-state index contributed by atoms with van der Waals surface area (Å²) in [5, 5.41) is 0. The van der Waals surface area contributed by atoms with Gasteiger partial charge in [0.25, 0.3) is 0 Å². The van der Waals surface area contributed by atoms with Gasteiger partial charge in [-0.15, -0.1) is 0 Å². The van der Waals surface area contributed by atoms with Crippen molar-refractivity contribution in [3.8, 4) is 5.75 Å². The lowest BCUT2D eigenvalue weighted by molar-refractivity contribution is -0.132. The Morgan fingerprint density at radius 1 is 1.14 bits per heavy atom. The van der Waals surface area contributed by atoms with Gasteiger partial charge in [0, 0.05) is 50.7 Å². The molecule has 0 spiro atoms. The third-order valence-electron chi connectivity index (χ3n) is 3.83. The number of nitrogens with zero attached hydrogens (tertiary/aromatic N) is 3. The number of amides is 1. The van der Waals surface area contributed by atoms with Gasteiger partial charge in [-0.3, -0.25) is 14.8 Å². The average molecular weight is 297 g/mol. The van der Waals surface area contributed by atoms with Gasteiger partial charge in [-0.2, -0.15) is 0 Å². The zero-order chi connectivity index (χ0) is 15.2. The van der Waals surface area contributed by atoms with E-state index in [2.05, 4.69) is 9.97 Å². The molecule has 1 fully saturated rings. The van der Waals surface area contributed by atoms with Crippen molar-refractivity contribution in [2.45, 2.75) is 25.4 Å². The van der Waals surface area contributed by atoms with Crippen molar-refractivity contribution in [1.82, 2.24) is 14.9 Å². The number of hydrogen-bond donors (Lipinski definition) is 0. The fraction of sp³-hybridized carbons (Fsp3) is 0.353. The predicted octanol–water partition coefficient (Wildman–Crippen LogP) is 2.09. The van der Waals surface area contributed by atoms with Crippen LogP contribution >= 0.6 is 0 Å². The zero-order valence-corrected chi connectivity index (χ0v) is 12.4. The lowest BCUT2D eigenvalue weighted by Crippen LogP contribution is -2.42. The Labute approximate surface area is 130 Å². The Balaban J connectivity index is 1.48. The topological polar surface area (TPSA) is 55.3 Å². The summed E-state index contributed by atoms with van der Waals surface area (Å²) in [6, 6.07) is 7.52. The molecule has 0 unspecified atom stereocenters. The number of hydrogen-bond acceptors (Lipinski definition) is 4. The average Bonchev–Trinajstić information content (AvgIpc) is 2.57. The highest BCUT2D eigenvalue weighted by Gasteiger charge is 2.23. The zero-order valence-electron chi connectivity index (χ0n) is 12.4. The Bertz CT molecular complexity index is 596. The highest BCUT2D eigenvalue weighted by atomic mass is 16.5. The second-order valence-electron chi connectivity index (χ2n) is 5.42. The molecular formula is C17H19N3O2. The lowest BCUT2D eigenvalue weighted by atomic mass is 10.1. The van der Waals surface area contributed by atoms with E-state index in [0.717, 1.165) is 37.2 Å². The summed E-state index contributed by atoms with van der Waals surface area (Å²) in [5.41, 5.74) is 0.961. The molecule has 1 amide bonds. The molecule has 2 aromatic heterocycles. The molecule has 2 aromatic rings. The summed E-state index contributed by atoms with van der Waals surface area (Å²) in [4.78, 5) is 22.2. The monoisotopic (exact) mass is 297 g/mol. The van der Waals surface area contributed by atoms with Crippen LogP contribution in [0.3, 0.4) is 0 Å². The maximum Gasteiger partial charge on any atom is 0.227 e. The largest absolute Gasteiger partial charge is 0.490 e. The summed E-state index contributed by atoms with van der Waals surface area (Å²) in [6.07, 6.45) is 9.23. The van der Waals surface area contributed by atoms with Crippen LogP contribution in [0.25, 0.3) is 0 Å². The molecule has 0 N–H and O–H groups in total. The van der Waals surface area contributed by atoms with Gasteiger partial charge in [0.1, 0.15) is 11.9 Å². The van der Waals surface area contributed by atoms with Crippen LogP contribution in [-0.2, 0) is 11.2 Å². The minimum atomic E-state index is 0.162. The Hall–Kier alpha value is -2.43. The quantitative estimate of drug-likeness (QED) is 0.867. The number of likely N-dealkylation sites (tertiary alicyclic amines) is 1. The third-order valence-corrected chi connectivity index (χ3v) is 3.83. The number of rotatable bonds is 4. The second-order valence-corrected chi connectivity index (χ2v) is 5.42. The van der Waals surface area contributed by atoms with Crippen molar-refractivity contribution in [2.24, 2.45) is 0 Å². The molecule has 0 aliphatic carbocycles. The van der Waals surface area contributed by atoms with Gasteiger partial charge in [0.2, 0.25) is 5.91 Å². The molecular weight excluding hydrogens is 278 g/mol. The van der Waals surface area contributed by atoms with Gasteiger partial charge in [-0.25, -0.2) is 0 Å². The molecule has 0 aromatic carbocycles. The van der Waals surface area contributed by atoms with E-state index in [1.807, 2.05) is 29.2 Å². The van der Waals surface area contributed by atoms with Crippen molar-refractivity contribution >= 4 is 5.91 Å². The van der Waals surface area contributed by atoms with Crippen LogP contribution in [0, 0.1) is 0 Å². The maximum atomic E-state index is 12.3. The minimum Gasteiger partial charge on any atom is -0.490 e. The molecule has 1 aliphatic rings. The van der Waals surface area contributed by atoms with Crippen molar-refractivity contribution in [2.75, 3.05) is 13.1 Å². The van der Waals surface area contributed by atoms with E-state index in [0.29, 0.717) is 6.42 Å². The summed E-state index contributed by atoms with van der Waals surface area (Å²) >= 11 is 0. The molecule has 0 radical (unpaired) electrons. The Kier molecular flexibility index (Phi) is 4.63. The van der Waals surface area contributed by atoms with E-state index >= 15 is 0 Å². The van der Waals surface area contributed by atoms with Gasteiger partial charge >= 0.3 is 0 Å². The van der Waals surface area contributed by atoms with Crippen LogP contribution in [0.1, 0.15) is 18.4 Å². The third kappa shape index (κ3) is 3.81. The van der Waals surface area contributed by atoms with Crippen LogP contribution in [0.2, 0.25) is 0 Å². The first-order valence-electron chi connectivity index (χ1n) is 7.54. The molecule has 1 saturated heterocycles. The van der Waals surface area contributed by atoms with Crippen molar-refractivity contribution in [1.29, 1.82) is 0 Å². The predicted molar refractivity (Wildman–Crippen MR) is 82.4 cm³/mol. The van der Waals surface area contributed by atoms with Crippen molar-refractivity contribution < 1.29 is 9.53 Å². The Morgan fingerprint density at radius 2 is 1.91 bits per heavy atom. The van der Waals surface area contributed by atoms with E-state index in [1.165, 1.54) is 0 Å². The summed E-state index contributed by atoms with van der Waals surface area (Å²) in [6.45, 7) is 1.49. The summed E-state index contributed by atoms with van der Waals surface area (Å²) in [5.74, 6) is 1.01. The van der Waals surface area contributed by atoms with Gasteiger partial charge < -0.3 is 9.64 Å². The number of ether oxygens (including phenoxy) is 1. The number of piperidine rings is 1. The van der Waals surface area contributed by atoms with Crippen molar-refractivity contribution in [3.05, 3.63) is 54.6 Å². The highest BCUT2D eigenvalue weighted by Crippen LogP contribution is 2.18. The van der Waals surface area contributed by atoms with Gasteiger partial charge in [0.05, 0.1) is 6.42 Å². The van der Waals surface area contributed by atoms with E-state index in [4.69, 9.17) is 4.74 Å². The molecule has 114 valence electrons. The summed E-state index contributed by atoms with van der Waals surface area (Å²) in [7, 11) is 0. The van der Waals surface area contributed by atoms with E-state index in [-0.39, 0.29) is 12.0 Å². The molecule has 5 heteroatoms. The van der Waals surface area contributed by atoms with Crippen molar-refractivity contribution in [3.63, 3.8) is 0 Å². The molecule has 1 aliphatic heterocycles. The number of carbonyl (C=O) groups excluding carboxylic acids is 1. The molecule has 5 nitrogen and oxygen atoms in total. The highest BCUT2D eigenvalue weighted by molar-refractivity contribution is 5.78. The molecule has 22 heavy (non-hydrogen) atoms. The Morgan fingerprint density at radius 3 is 2.59 bits per heavy atom. The van der Waals surface area contributed by atoms with E-state index in [9.17, 15) is 4.79 Å². The van der Waals surface area contributed by atoms with Crippen LogP contribution in [0.15, 0.2) is 49.1 Å². The number of carbonyl (C=O) groups is 1. The van der Waals surface area contributed by atoms with Crippen LogP contribution in [0.5, 0.6) is 5.75 Å². The first-order valence-corrected chi connectivity index (χ1v) is 7.54. The van der Waals surface area contributed by atoms with Crippen LogP contribution < -0.4 is 4.74 Å². The van der Waals surface area contributed by atoms with Gasteiger partial charge in [-0.05, 0) is 23.8 Å². The SMILES string of the molecule is O=C(Cc1cccnc1)N1CCC(Oc2ccncc2)CC1. The minimum absolute atomic E-state index is 0.162. The maximum absolute atomic E-state index is 12.3. The number of pyridine rings is 2. The van der Waals surface area contributed by atoms with Crippen LogP contribution in [0.4, 0.5) is 0 Å². The smallest absolute Gasteiger partial charge is 0.227 e. The molecule has 0 saturated carbocycles. The molecule has 0 atom stereocenters. The van der Waals surface area contributed by atoms with E-state index < -0.39 is 0 Å². The van der Waals surface area contributed by atoms with Gasteiger partial charge in [0.15, 0.2) is 0 Å². The first-order chi connectivity index (χ1) is 10.8. The second kappa shape index (κ2) is 7.02. The lowest BCUT2D eigenvalue weighted by Gasteiger charge is -2.32. The number of aromatic nitrogens is 2.